The van der Waals surface area contributed by atoms with Gasteiger partial charge in [-0.2, -0.15) is 0 Å². The van der Waals surface area contributed by atoms with Crippen molar-refractivity contribution in [1.82, 2.24) is 24.5 Å². The Labute approximate surface area is 204 Å². The molecule has 5 rings (SSSR count). The van der Waals surface area contributed by atoms with Crippen LogP contribution in [0.5, 0.6) is 0 Å². The molecule has 0 aliphatic carbocycles. The number of hydrogen-bond donors (Lipinski definition) is 1. The Bertz CT molecular complexity index is 1590. The molecule has 0 fully saturated rings. The summed E-state index contributed by atoms with van der Waals surface area (Å²) in [6, 6.07) is 19.1. The molecule has 9 heteroatoms. The topological polar surface area (TPSA) is 85.8 Å². The van der Waals surface area contributed by atoms with Gasteiger partial charge in [-0.05, 0) is 47.5 Å². The molecule has 1 atom stereocenters. The van der Waals surface area contributed by atoms with Crippen LogP contribution >= 0.6 is 23.2 Å². The Morgan fingerprint density at radius 2 is 1.71 bits per heavy atom. The number of benzene rings is 2. The minimum Gasteiger partial charge on any atom is -0.373 e. The van der Waals surface area contributed by atoms with Crippen LogP contribution in [0.25, 0.3) is 22.2 Å². The van der Waals surface area contributed by atoms with Crippen molar-refractivity contribution in [2.75, 3.05) is 0 Å². The van der Waals surface area contributed by atoms with Gasteiger partial charge in [-0.3, -0.25) is 4.79 Å². The van der Waals surface area contributed by atoms with Crippen molar-refractivity contribution in [3.8, 4) is 11.1 Å². The normalized spacial score (nSPS) is 13.2. The third-order valence-corrected chi connectivity index (χ3v) is 6.43. The third-order valence-electron chi connectivity index (χ3n) is 5.94. The van der Waals surface area contributed by atoms with Crippen molar-refractivity contribution in [2.45, 2.75) is 5.60 Å². The molecule has 7 nitrogen and oxygen atoms in total. The summed E-state index contributed by atoms with van der Waals surface area (Å²) >= 11 is 12.3. The second kappa shape index (κ2) is 8.36. The molecule has 3 heterocycles. The summed E-state index contributed by atoms with van der Waals surface area (Å²) in [6.45, 7) is 0. The van der Waals surface area contributed by atoms with E-state index in [1.807, 2.05) is 12.1 Å². The van der Waals surface area contributed by atoms with Crippen LogP contribution in [0.1, 0.15) is 17.0 Å². The minimum atomic E-state index is -1.68. The van der Waals surface area contributed by atoms with E-state index in [0.29, 0.717) is 43.6 Å². The molecular weight excluding hydrogens is 473 g/mol. The first-order chi connectivity index (χ1) is 16.3. The molecule has 3 aromatic heterocycles. The van der Waals surface area contributed by atoms with E-state index in [-0.39, 0.29) is 5.56 Å². The summed E-state index contributed by atoms with van der Waals surface area (Å²) in [4.78, 5) is 17.6. The van der Waals surface area contributed by atoms with E-state index in [0.717, 1.165) is 5.56 Å². The van der Waals surface area contributed by atoms with Gasteiger partial charge in [-0.15, -0.1) is 5.10 Å². The number of pyridine rings is 2. The van der Waals surface area contributed by atoms with Gasteiger partial charge < -0.3 is 9.67 Å². The van der Waals surface area contributed by atoms with Gasteiger partial charge in [0.05, 0.1) is 22.9 Å². The van der Waals surface area contributed by atoms with Crippen LogP contribution in [0.2, 0.25) is 10.0 Å². The van der Waals surface area contributed by atoms with E-state index in [1.54, 1.807) is 62.6 Å². The van der Waals surface area contributed by atoms with Crippen LogP contribution in [0.4, 0.5) is 0 Å². The average Bonchev–Trinajstić information content (AvgIpc) is 3.27. The number of aliphatic hydroxyl groups is 1. The summed E-state index contributed by atoms with van der Waals surface area (Å²) in [5.74, 6) is 0. The molecule has 0 spiro atoms. The molecule has 2 aromatic carbocycles. The number of fused-ring (bicyclic) bond motifs is 1. The van der Waals surface area contributed by atoms with Gasteiger partial charge in [0.2, 0.25) is 0 Å². The fourth-order valence-corrected chi connectivity index (χ4v) is 4.46. The number of rotatable bonds is 4. The molecule has 0 unspecified atom stereocenters. The van der Waals surface area contributed by atoms with Crippen molar-refractivity contribution in [2.24, 2.45) is 14.1 Å². The summed E-state index contributed by atoms with van der Waals surface area (Å²) < 4.78 is 3.02. The van der Waals surface area contributed by atoms with Crippen molar-refractivity contribution in [1.29, 1.82) is 0 Å². The molecule has 0 aliphatic rings. The Hall–Kier alpha value is -3.52. The zero-order valence-corrected chi connectivity index (χ0v) is 19.8. The maximum absolute atomic E-state index is 12.7. The highest BCUT2D eigenvalue weighted by molar-refractivity contribution is 6.31. The van der Waals surface area contributed by atoms with Crippen LogP contribution < -0.4 is 5.56 Å². The van der Waals surface area contributed by atoms with Gasteiger partial charge in [0.1, 0.15) is 5.69 Å². The number of hydrogen-bond acceptors (Lipinski definition) is 5. The van der Waals surface area contributed by atoms with Gasteiger partial charge in [0.15, 0.2) is 5.60 Å². The molecular formula is C25H19Cl2N5O2. The number of nitrogens with zero attached hydrogens (tertiary/aromatic N) is 5. The predicted molar refractivity (Wildman–Crippen MR) is 132 cm³/mol. The molecule has 5 aromatic rings. The Balaban J connectivity index is 1.84. The van der Waals surface area contributed by atoms with Gasteiger partial charge in [-0.1, -0.05) is 52.7 Å². The maximum atomic E-state index is 12.7. The SMILES string of the molecule is Cn1nncc1[C@@](O)(c1ccc(Cl)cc1)c1ccc2c(n1)c(-c1cccc(Cl)c1)cc(=O)n2C. The van der Waals surface area contributed by atoms with E-state index in [4.69, 9.17) is 28.2 Å². The minimum absolute atomic E-state index is 0.180. The number of aryl methyl sites for hydroxylation is 2. The predicted octanol–water partition coefficient (Wildman–Crippen LogP) is 4.32. The lowest BCUT2D eigenvalue weighted by molar-refractivity contribution is 0.111. The molecule has 0 saturated heterocycles. The van der Waals surface area contributed by atoms with E-state index in [1.165, 1.54) is 21.5 Å². The van der Waals surface area contributed by atoms with Crippen molar-refractivity contribution in [3.05, 3.63) is 110 Å². The molecule has 0 radical (unpaired) electrons. The van der Waals surface area contributed by atoms with Gasteiger partial charge in [-0.25, -0.2) is 9.67 Å². The summed E-state index contributed by atoms with van der Waals surface area (Å²) in [5, 5.41) is 21.2. The lowest BCUT2D eigenvalue weighted by Crippen LogP contribution is -2.32. The zero-order valence-electron chi connectivity index (χ0n) is 18.3. The highest BCUT2D eigenvalue weighted by Gasteiger charge is 2.39. The Kier molecular flexibility index (Phi) is 5.48. The fraction of sp³-hybridized carbons (Fsp3) is 0.120. The van der Waals surface area contributed by atoms with E-state index in [9.17, 15) is 9.90 Å². The Morgan fingerprint density at radius 3 is 2.38 bits per heavy atom. The molecule has 0 saturated carbocycles. The van der Waals surface area contributed by atoms with Crippen molar-refractivity contribution in [3.63, 3.8) is 0 Å². The maximum Gasteiger partial charge on any atom is 0.251 e. The second-order valence-corrected chi connectivity index (χ2v) is 8.86. The van der Waals surface area contributed by atoms with E-state index in [2.05, 4.69) is 10.3 Å². The van der Waals surface area contributed by atoms with Crippen LogP contribution in [-0.4, -0.2) is 29.7 Å². The summed E-state index contributed by atoms with van der Waals surface area (Å²) in [7, 11) is 3.38. The first-order valence-corrected chi connectivity index (χ1v) is 11.2. The van der Waals surface area contributed by atoms with Crippen LogP contribution in [0.15, 0.2) is 77.7 Å². The first-order valence-electron chi connectivity index (χ1n) is 10.4. The second-order valence-electron chi connectivity index (χ2n) is 7.99. The largest absolute Gasteiger partial charge is 0.373 e. The number of halogens is 2. The average molecular weight is 492 g/mol. The quantitative estimate of drug-likeness (QED) is 0.404. The lowest BCUT2D eigenvalue weighted by atomic mass is 9.86. The highest BCUT2D eigenvalue weighted by atomic mass is 35.5. The standard InChI is InChI=1S/C25H19Cl2N5O2/c1-31-20-10-11-21(29-24(20)19(13-23(31)33)15-4-3-5-18(27)12-15)25(34,22-14-28-30-32(22)2)16-6-8-17(26)9-7-16/h3-14,34H,1-2H3/t25-/m1/s1. The molecule has 0 amide bonds. The van der Waals surface area contributed by atoms with Gasteiger partial charge in [0, 0.05) is 35.8 Å². The molecule has 0 bridgehead atoms. The fourth-order valence-electron chi connectivity index (χ4n) is 4.14. The first kappa shape index (κ1) is 22.3. The molecule has 1 N–H and O–H groups in total. The monoisotopic (exact) mass is 491 g/mol. The van der Waals surface area contributed by atoms with Crippen LogP contribution in [0.3, 0.4) is 0 Å². The molecule has 34 heavy (non-hydrogen) atoms. The lowest BCUT2D eigenvalue weighted by Gasteiger charge is -2.28. The van der Waals surface area contributed by atoms with Crippen LogP contribution in [0, 0.1) is 0 Å². The summed E-state index contributed by atoms with van der Waals surface area (Å²) in [6.07, 6.45) is 1.50. The highest BCUT2D eigenvalue weighted by Crippen LogP contribution is 2.37. The molecule has 0 aliphatic heterocycles. The number of aromatic nitrogens is 5. The van der Waals surface area contributed by atoms with Crippen LogP contribution in [-0.2, 0) is 19.7 Å². The summed E-state index contributed by atoms with van der Waals surface area (Å²) in [5.41, 5.74) is 1.98. The zero-order chi connectivity index (χ0) is 24.0. The van der Waals surface area contributed by atoms with E-state index >= 15 is 0 Å². The smallest absolute Gasteiger partial charge is 0.251 e. The van der Waals surface area contributed by atoms with Crippen molar-refractivity contribution < 1.29 is 5.11 Å². The van der Waals surface area contributed by atoms with E-state index < -0.39 is 5.60 Å². The Morgan fingerprint density at radius 1 is 0.941 bits per heavy atom. The van der Waals surface area contributed by atoms with Gasteiger partial charge >= 0.3 is 0 Å². The van der Waals surface area contributed by atoms with Crippen molar-refractivity contribution >= 4 is 34.2 Å². The van der Waals surface area contributed by atoms with Gasteiger partial charge in [0.25, 0.3) is 5.56 Å². The molecule has 170 valence electrons. The third kappa shape index (κ3) is 3.58.